The van der Waals surface area contributed by atoms with Crippen LogP contribution in [0.25, 0.3) is 5.82 Å². The van der Waals surface area contributed by atoms with E-state index in [2.05, 4.69) is 25.4 Å². The molecule has 0 fully saturated rings. The minimum atomic E-state index is -0.379. The molecule has 0 aliphatic carbocycles. The first kappa shape index (κ1) is 17.5. The highest BCUT2D eigenvalue weighted by Gasteiger charge is 2.11. The molecule has 0 bridgehead atoms. The van der Waals surface area contributed by atoms with Crippen molar-refractivity contribution < 1.29 is 4.79 Å². The number of amides is 1. The number of hydrogen-bond donors (Lipinski definition) is 1. The molecule has 0 unspecified atom stereocenters. The fourth-order valence-corrected chi connectivity index (χ4v) is 2.52. The van der Waals surface area contributed by atoms with Gasteiger partial charge in [0.1, 0.15) is 18.7 Å². The SMILES string of the molecule is Cc1cc(C)n(-c2cc(NC(=O)Cn3cnc(C)c(C)c3=O)ncn2)n1. The van der Waals surface area contributed by atoms with Crippen molar-refractivity contribution in [2.75, 3.05) is 5.32 Å². The largest absolute Gasteiger partial charge is 0.309 e. The summed E-state index contributed by atoms with van der Waals surface area (Å²) < 4.78 is 2.94. The van der Waals surface area contributed by atoms with Crippen LogP contribution in [0.4, 0.5) is 5.82 Å². The molecule has 0 aromatic carbocycles. The summed E-state index contributed by atoms with van der Waals surface area (Å²) in [6.45, 7) is 7.10. The van der Waals surface area contributed by atoms with E-state index in [9.17, 15) is 9.59 Å². The maximum atomic E-state index is 12.3. The van der Waals surface area contributed by atoms with Crippen LogP contribution in [0.5, 0.6) is 0 Å². The predicted molar refractivity (Wildman–Crippen MR) is 95.2 cm³/mol. The van der Waals surface area contributed by atoms with Crippen molar-refractivity contribution in [3.63, 3.8) is 0 Å². The smallest absolute Gasteiger partial charge is 0.256 e. The molecule has 0 saturated carbocycles. The molecule has 9 heteroatoms. The average molecular weight is 353 g/mol. The molecule has 9 nitrogen and oxygen atoms in total. The van der Waals surface area contributed by atoms with E-state index in [0.717, 1.165) is 11.4 Å². The zero-order chi connectivity index (χ0) is 18.8. The Morgan fingerprint density at radius 2 is 1.88 bits per heavy atom. The Hall–Kier alpha value is -3.36. The van der Waals surface area contributed by atoms with Gasteiger partial charge in [-0.15, -0.1) is 0 Å². The van der Waals surface area contributed by atoms with Crippen molar-refractivity contribution in [2.24, 2.45) is 0 Å². The summed E-state index contributed by atoms with van der Waals surface area (Å²) in [5, 5.41) is 7.03. The lowest BCUT2D eigenvalue weighted by Crippen LogP contribution is -2.30. The van der Waals surface area contributed by atoms with Gasteiger partial charge in [-0.05, 0) is 33.8 Å². The van der Waals surface area contributed by atoms with Gasteiger partial charge in [-0.2, -0.15) is 5.10 Å². The molecular formula is C17H19N7O2. The number of carbonyl (C=O) groups excluding carboxylic acids is 1. The molecule has 134 valence electrons. The molecule has 3 aromatic heterocycles. The van der Waals surface area contributed by atoms with Crippen molar-refractivity contribution in [1.82, 2.24) is 29.3 Å². The topological polar surface area (TPSA) is 108 Å². The van der Waals surface area contributed by atoms with Crippen molar-refractivity contribution >= 4 is 11.7 Å². The third-order valence-electron chi connectivity index (χ3n) is 3.98. The van der Waals surface area contributed by atoms with Crippen molar-refractivity contribution in [3.05, 3.63) is 57.8 Å². The second kappa shape index (κ2) is 6.87. The van der Waals surface area contributed by atoms with Crippen LogP contribution in [0, 0.1) is 27.7 Å². The summed E-state index contributed by atoms with van der Waals surface area (Å²) in [5.41, 5.74) is 2.73. The van der Waals surface area contributed by atoms with E-state index >= 15 is 0 Å². The first-order valence-electron chi connectivity index (χ1n) is 8.03. The van der Waals surface area contributed by atoms with Gasteiger partial charge in [0.15, 0.2) is 5.82 Å². The predicted octanol–water partition coefficient (Wildman–Crippen LogP) is 1.09. The van der Waals surface area contributed by atoms with E-state index in [1.807, 2.05) is 19.9 Å². The highest BCUT2D eigenvalue weighted by Crippen LogP contribution is 2.12. The molecule has 0 radical (unpaired) electrons. The van der Waals surface area contributed by atoms with Crippen LogP contribution >= 0.6 is 0 Å². The molecule has 1 N–H and O–H groups in total. The Morgan fingerprint density at radius 1 is 1.12 bits per heavy atom. The minimum Gasteiger partial charge on any atom is -0.309 e. The number of nitrogens with one attached hydrogen (secondary N) is 1. The average Bonchev–Trinajstić information content (AvgIpc) is 2.94. The zero-order valence-electron chi connectivity index (χ0n) is 15.0. The lowest BCUT2D eigenvalue weighted by atomic mass is 10.3. The summed E-state index contributed by atoms with van der Waals surface area (Å²) >= 11 is 0. The van der Waals surface area contributed by atoms with Gasteiger partial charge in [-0.3, -0.25) is 14.2 Å². The van der Waals surface area contributed by atoms with Crippen molar-refractivity contribution in [1.29, 1.82) is 0 Å². The van der Waals surface area contributed by atoms with Crippen LogP contribution in [0.15, 0.2) is 29.6 Å². The molecule has 0 saturated heterocycles. The van der Waals surface area contributed by atoms with Gasteiger partial charge in [-0.1, -0.05) is 0 Å². The van der Waals surface area contributed by atoms with Crippen LogP contribution in [0.3, 0.4) is 0 Å². The summed E-state index contributed by atoms with van der Waals surface area (Å²) in [4.78, 5) is 36.8. The molecular weight excluding hydrogens is 334 g/mol. The third kappa shape index (κ3) is 3.51. The fraction of sp³-hybridized carbons (Fsp3) is 0.294. The van der Waals surface area contributed by atoms with Crippen LogP contribution < -0.4 is 10.9 Å². The number of aryl methyl sites for hydroxylation is 3. The number of anilines is 1. The maximum absolute atomic E-state index is 12.3. The molecule has 0 atom stereocenters. The van der Waals surface area contributed by atoms with Gasteiger partial charge < -0.3 is 5.32 Å². The van der Waals surface area contributed by atoms with Gasteiger partial charge in [-0.25, -0.2) is 19.6 Å². The molecule has 3 heterocycles. The zero-order valence-corrected chi connectivity index (χ0v) is 15.0. The Morgan fingerprint density at radius 3 is 2.58 bits per heavy atom. The van der Waals surface area contributed by atoms with Crippen molar-refractivity contribution in [3.8, 4) is 5.82 Å². The first-order chi connectivity index (χ1) is 12.3. The Balaban J connectivity index is 1.78. The van der Waals surface area contributed by atoms with E-state index in [1.54, 1.807) is 24.6 Å². The second-order valence-electron chi connectivity index (χ2n) is 6.04. The quantitative estimate of drug-likeness (QED) is 0.752. The molecule has 3 aromatic rings. The number of nitrogens with zero attached hydrogens (tertiary/aromatic N) is 6. The molecule has 0 spiro atoms. The van der Waals surface area contributed by atoms with Crippen LogP contribution in [0.1, 0.15) is 22.6 Å². The standard InChI is InChI=1S/C17H19N7O2/c1-10-5-11(2)24(22-10)15-6-14(18-8-19-15)21-16(25)7-23-9-20-13(4)12(3)17(23)26/h5-6,8-9H,7H2,1-4H3,(H,18,19,21,25). The van der Waals surface area contributed by atoms with Gasteiger partial charge in [0.2, 0.25) is 5.91 Å². The molecule has 0 aliphatic heterocycles. The monoisotopic (exact) mass is 353 g/mol. The van der Waals surface area contributed by atoms with Crippen molar-refractivity contribution in [2.45, 2.75) is 34.2 Å². The Labute approximate surface area is 149 Å². The van der Waals surface area contributed by atoms with Gasteiger partial charge >= 0.3 is 0 Å². The Bertz CT molecular complexity index is 1040. The van der Waals surface area contributed by atoms with Crippen LogP contribution in [-0.2, 0) is 11.3 Å². The van der Waals surface area contributed by atoms with E-state index in [0.29, 0.717) is 22.9 Å². The van der Waals surface area contributed by atoms with E-state index in [4.69, 9.17) is 0 Å². The normalized spacial score (nSPS) is 10.8. The number of carbonyl (C=O) groups is 1. The second-order valence-corrected chi connectivity index (χ2v) is 6.04. The summed E-state index contributed by atoms with van der Waals surface area (Å²) in [5.74, 6) is 0.499. The lowest BCUT2D eigenvalue weighted by Gasteiger charge is -2.09. The number of hydrogen-bond acceptors (Lipinski definition) is 6. The van der Waals surface area contributed by atoms with E-state index < -0.39 is 0 Å². The fourth-order valence-electron chi connectivity index (χ4n) is 2.52. The third-order valence-corrected chi connectivity index (χ3v) is 3.98. The minimum absolute atomic E-state index is 0.147. The highest BCUT2D eigenvalue weighted by molar-refractivity contribution is 5.89. The van der Waals surface area contributed by atoms with Crippen LogP contribution in [0.2, 0.25) is 0 Å². The maximum Gasteiger partial charge on any atom is 0.256 e. The number of rotatable bonds is 4. The summed E-state index contributed by atoms with van der Waals surface area (Å²) in [6, 6.07) is 3.55. The molecule has 1 amide bonds. The molecule has 0 aliphatic rings. The Kier molecular flexibility index (Phi) is 4.61. The van der Waals surface area contributed by atoms with Gasteiger partial charge in [0.05, 0.1) is 12.0 Å². The van der Waals surface area contributed by atoms with E-state index in [1.165, 1.54) is 17.2 Å². The first-order valence-corrected chi connectivity index (χ1v) is 8.03. The molecule has 3 rings (SSSR count). The van der Waals surface area contributed by atoms with Crippen LogP contribution in [-0.4, -0.2) is 35.2 Å². The molecule has 26 heavy (non-hydrogen) atoms. The van der Waals surface area contributed by atoms with Gasteiger partial charge in [0, 0.05) is 23.0 Å². The van der Waals surface area contributed by atoms with Gasteiger partial charge in [0.25, 0.3) is 5.56 Å². The lowest BCUT2D eigenvalue weighted by molar-refractivity contribution is -0.116. The highest BCUT2D eigenvalue weighted by atomic mass is 16.2. The number of aromatic nitrogens is 6. The van der Waals surface area contributed by atoms with E-state index in [-0.39, 0.29) is 18.0 Å². The summed E-state index contributed by atoms with van der Waals surface area (Å²) in [7, 11) is 0. The summed E-state index contributed by atoms with van der Waals surface area (Å²) in [6.07, 6.45) is 2.72.